The summed E-state index contributed by atoms with van der Waals surface area (Å²) in [4.78, 5) is 20.9. The van der Waals surface area contributed by atoms with Crippen LogP contribution in [0.25, 0.3) is 0 Å². The van der Waals surface area contributed by atoms with E-state index < -0.39 is 0 Å². The Bertz CT molecular complexity index is 174. The Morgan fingerprint density at radius 1 is 0.944 bits per heavy atom. The molecule has 108 valence electrons. The van der Waals surface area contributed by atoms with Gasteiger partial charge in [-0.15, -0.1) is 0 Å². The van der Waals surface area contributed by atoms with Crippen molar-refractivity contribution in [1.29, 1.82) is 0 Å². The van der Waals surface area contributed by atoms with E-state index in [9.17, 15) is 9.59 Å². The molecule has 1 fully saturated rings. The van der Waals surface area contributed by atoms with E-state index in [4.69, 9.17) is 0 Å². The Hall–Kier alpha value is -1.06. The predicted molar refractivity (Wildman–Crippen MR) is 74.4 cm³/mol. The number of esters is 1. The van der Waals surface area contributed by atoms with Crippen molar-refractivity contribution in [1.82, 2.24) is 5.32 Å². The first-order chi connectivity index (χ1) is 8.70. The van der Waals surface area contributed by atoms with Crippen molar-refractivity contribution in [2.24, 2.45) is 0 Å². The van der Waals surface area contributed by atoms with Crippen molar-refractivity contribution in [2.45, 2.75) is 65.2 Å². The highest BCUT2D eigenvalue weighted by molar-refractivity contribution is 5.80. The molecule has 1 rings (SSSR count). The summed E-state index contributed by atoms with van der Waals surface area (Å²) >= 11 is 0. The molecule has 0 saturated heterocycles. The molecular weight excluding hydrogens is 230 g/mol. The average molecular weight is 259 g/mol. The zero-order chi connectivity index (χ0) is 14.2. The smallest absolute Gasteiger partial charge is 0.306 e. The van der Waals surface area contributed by atoms with Crippen molar-refractivity contribution in [3.05, 3.63) is 0 Å². The van der Waals surface area contributed by atoms with Crippen LogP contribution >= 0.6 is 0 Å². The summed E-state index contributed by atoms with van der Waals surface area (Å²) < 4.78 is 4.33. The van der Waals surface area contributed by atoms with E-state index >= 15 is 0 Å². The number of hydrogen-bond donors (Lipinski definition) is 1. The minimum Gasteiger partial charge on any atom is -0.469 e. The second-order valence-corrected chi connectivity index (χ2v) is 3.87. The van der Waals surface area contributed by atoms with Gasteiger partial charge in [-0.25, -0.2) is 0 Å². The van der Waals surface area contributed by atoms with Gasteiger partial charge in [0.05, 0.1) is 13.5 Å². The summed E-state index contributed by atoms with van der Waals surface area (Å²) in [7, 11) is 2.83. The van der Waals surface area contributed by atoms with E-state index in [-0.39, 0.29) is 24.7 Å². The third-order valence-corrected chi connectivity index (χ3v) is 2.56. The number of carbonyl (C=O) groups is 2. The van der Waals surface area contributed by atoms with Crippen LogP contribution in [0, 0.1) is 0 Å². The van der Waals surface area contributed by atoms with Crippen LogP contribution in [0.5, 0.6) is 0 Å². The van der Waals surface area contributed by atoms with Crippen molar-refractivity contribution >= 4 is 11.9 Å². The Balaban J connectivity index is 0. The van der Waals surface area contributed by atoms with Gasteiger partial charge in [-0.05, 0) is 0 Å². The molecule has 0 aromatic heterocycles. The molecule has 0 aromatic carbocycles. The van der Waals surface area contributed by atoms with Gasteiger partial charge in [0, 0.05) is 13.5 Å². The van der Waals surface area contributed by atoms with E-state index in [1.165, 1.54) is 52.7 Å². The summed E-state index contributed by atoms with van der Waals surface area (Å²) in [5.41, 5.74) is 0. The third-order valence-electron chi connectivity index (χ3n) is 2.56. The SMILES string of the molecule is C1CCCCC1.CC.CNC(=O)CCC(=O)OC. The van der Waals surface area contributed by atoms with Crippen LogP contribution in [0.4, 0.5) is 0 Å². The molecule has 0 heterocycles. The molecule has 1 N–H and O–H groups in total. The number of hydrogen-bond acceptors (Lipinski definition) is 3. The van der Waals surface area contributed by atoms with Gasteiger partial charge in [-0.2, -0.15) is 0 Å². The molecular formula is C14H29NO3. The van der Waals surface area contributed by atoms with E-state index in [1.54, 1.807) is 0 Å². The molecule has 0 aromatic rings. The van der Waals surface area contributed by atoms with Gasteiger partial charge in [-0.1, -0.05) is 52.4 Å². The molecule has 0 aliphatic heterocycles. The van der Waals surface area contributed by atoms with Crippen LogP contribution in [0.2, 0.25) is 0 Å². The Morgan fingerprint density at radius 2 is 1.33 bits per heavy atom. The highest BCUT2D eigenvalue weighted by Crippen LogP contribution is 2.15. The molecule has 1 aliphatic carbocycles. The number of methoxy groups -OCH3 is 1. The summed E-state index contributed by atoms with van der Waals surface area (Å²) in [6.07, 6.45) is 9.35. The molecule has 1 aliphatic rings. The standard InChI is InChI=1S/C6H11NO3.C6H12.C2H6/c1-7-5(8)3-4-6(9)10-2;1-2-4-6-5-3-1;1-2/h3-4H2,1-2H3,(H,7,8);1-6H2;1-2H3. The summed E-state index contributed by atoms with van der Waals surface area (Å²) in [6, 6.07) is 0. The van der Waals surface area contributed by atoms with Gasteiger partial charge in [0.15, 0.2) is 0 Å². The lowest BCUT2D eigenvalue weighted by Crippen LogP contribution is -2.18. The number of carbonyl (C=O) groups excluding carboxylic acids is 2. The molecule has 1 amide bonds. The van der Waals surface area contributed by atoms with Crippen LogP contribution in [0.1, 0.15) is 65.2 Å². The lowest BCUT2D eigenvalue weighted by Gasteiger charge is -2.05. The number of ether oxygens (including phenoxy) is 1. The molecule has 0 unspecified atom stereocenters. The Kier molecular flexibility index (Phi) is 17.1. The van der Waals surface area contributed by atoms with Crippen molar-refractivity contribution in [3.8, 4) is 0 Å². The van der Waals surface area contributed by atoms with Gasteiger partial charge >= 0.3 is 5.97 Å². The molecule has 1 saturated carbocycles. The van der Waals surface area contributed by atoms with Gasteiger partial charge in [0.25, 0.3) is 0 Å². The van der Waals surface area contributed by atoms with E-state index in [1.807, 2.05) is 13.8 Å². The van der Waals surface area contributed by atoms with Crippen molar-refractivity contribution in [3.63, 3.8) is 0 Å². The first-order valence-electron chi connectivity index (χ1n) is 6.98. The van der Waals surface area contributed by atoms with Gasteiger partial charge in [0.1, 0.15) is 0 Å². The largest absolute Gasteiger partial charge is 0.469 e. The van der Waals surface area contributed by atoms with Gasteiger partial charge < -0.3 is 10.1 Å². The Morgan fingerprint density at radius 3 is 1.61 bits per heavy atom. The molecule has 18 heavy (non-hydrogen) atoms. The lowest BCUT2D eigenvalue weighted by atomic mass is 10.0. The Labute approximate surface area is 111 Å². The maximum atomic E-state index is 10.5. The summed E-state index contributed by atoms with van der Waals surface area (Å²) in [6.45, 7) is 4.00. The fourth-order valence-corrected chi connectivity index (χ4v) is 1.50. The maximum Gasteiger partial charge on any atom is 0.306 e. The predicted octanol–water partition coefficient (Wildman–Crippen LogP) is 3.05. The van der Waals surface area contributed by atoms with Crippen molar-refractivity contribution < 1.29 is 14.3 Å². The van der Waals surface area contributed by atoms with Crippen molar-refractivity contribution in [2.75, 3.05) is 14.2 Å². The second-order valence-electron chi connectivity index (χ2n) is 3.87. The second kappa shape index (κ2) is 15.9. The van der Waals surface area contributed by atoms with Crippen LogP contribution in [0.15, 0.2) is 0 Å². The zero-order valence-corrected chi connectivity index (χ0v) is 12.4. The van der Waals surface area contributed by atoms with E-state index in [0.717, 1.165) is 0 Å². The number of amides is 1. The van der Waals surface area contributed by atoms with Gasteiger partial charge in [0.2, 0.25) is 5.91 Å². The summed E-state index contributed by atoms with van der Waals surface area (Å²) in [5, 5.41) is 2.40. The highest BCUT2D eigenvalue weighted by Gasteiger charge is 2.03. The average Bonchev–Trinajstić information content (AvgIpc) is 2.48. The third kappa shape index (κ3) is 14.9. The highest BCUT2D eigenvalue weighted by atomic mass is 16.5. The molecule has 0 atom stereocenters. The first-order valence-corrected chi connectivity index (χ1v) is 6.98. The number of nitrogens with one attached hydrogen (secondary N) is 1. The van der Waals surface area contributed by atoms with Crippen LogP contribution in [-0.4, -0.2) is 26.0 Å². The monoisotopic (exact) mass is 259 g/mol. The molecule has 4 nitrogen and oxygen atoms in total. The maximum absolute atomic E-state index is 10.5. The molecule has 0 bridgehead atoms. The normalized spacial score (nSPS) is 13.1. The molecule has 0 radical (unpaired) electrons. The topological polar surface area (TPSA) is 55.4 Å². The minimum atomic E-state index is -0.358. The summed E-state index contributed by atoms with van der Waals surface area (Å²) in [5.74, 6) is -0.506. The molecule has 0 spiro atoms. The minimum absolute atomic E-state index is 0.148. The van der Waals surface area contributed by atoms with E-state index in [0.29, 0.717) is 0 Å². The van der Waals surface area contributed by atoms with Crippen LogP contribution in [-0.2, 0) is 14.3 Å². The fourth-order valence-electron chi connectivity index (χ4n) is 1.50. The molecule has 4 heteroatoms. The van der Waals surface area contributed by atoms with Crippen LogP contribution in [0.3, 0.4) is 0 Å². The first kappa shape index (κ1) is 19.3. The quantitative estimate of drug-likeness (QED) is 0.792. The fraction of sp³-hybridized carbons (Fsp3) is 0.857. The zero-order valence-electron chi connectivity index (χ0n) is 12.4. The van der Waals surface area contributed by atoms with Crippen LogP contribution < -0.4 is 5.32 Å². The number of rotatable bonds is 3. The van der Waals surface area contributed by atoms with Gasteiger partial charge in [-0.3, -0.25) is 9.59 Å². The lowest BCUT2D eigenvalue weighted by molar-refractivity contribution is -0.142. The van der Waals surface area contributed by atoms with E-state index in [2.05, 4.69) is 10.1 Å².